The van der Waals surface area contributed by atoms with Gasteiger partial charge in [0.25, 0.3) is 0 Å². The van der Waals surface area contributed by atoms with Gasteiger partial charge >= 0.3 is 6.61 Å². The molecule has 1 fully saturated rings. The van der Waals surface area contributed by atoms with E-state index in [9.17, 15) is 13.9 Å². The molecular formula is C18H19Cl2F2NO3. The Kier molecular flexibility index (Phi) is 6.37. The predicted molar refractivity (Wildman–Crippen MR) is 96.4 cm³/mol. The van der Waals surface area contributed by atoms with Crippen LogP contribution in [0.25, 0.3) is 0 Å². The fraction of sp³-hybridized carbons (Fsp3) is 0.500. The summed E-state index contributed by atoms with van der Waals surface area (Å²) in [5, 5.41) is 10.6. The molecule has 0 amide bonds. The molecule has 2 aliphatic rings. The number of rotatable bonds is 8. The Morgan fingerprint density at radius 3 is 2.69 bits per heavy atom. The molecule has 2 unspecified atom stereocenters. The van der Waals surface area contributed by atoms with Gasteiger partial charge in [-0.3, -0.25) is 4.99 Å². The average molecular weight is 406 g/mol. The minimum Gasteiger partial charge on any atom is -0.489 e. The van der Waals surface area contributed by atoms with Gasteiger partial charge in [0, 0.05) is 23.4 Å². The zero-order valence-corrected chi connectivity index (χ0v) is 15.3. The van der Waals surface area contributed by atoms with Crippen molar-refractivity contribution in [2.75, 3.05) is 6.61 Å². The lowest BCUT2D eigenvalue weighted by atomic mass is 9.93. The van der Waals surface area contributed by atoms with Gasteiger partial charge in [-0.05, 0) is 42.9 Å². The van der Waals surface area contributed by atoms with Gasteiger partial charge in [0.2, 0.25) is 0 Å². The lowest BCUT2D eigenvalue weighted by Gasteiger charge is -2.24. The van der Waals surface area contributed by atoms with Crippen molar-refractivity contribution in [1.82, 2.24) is 0 Å². The second-order valence-electron chi connectivity index (χ2n) is 6.45. The Bertz CT molecular complexity index is 695. The second-order valence-corrected chi connectivity index (χ2v) is 7.39. The Morgan fingerprint density at radius 2 is 2.04 bits per heavy atom. The van der Waals surface area contributed by atoms with E-state index in [1.54, 1.807) is 6.21 Å². The van der Waals surface area contributed by atoms with Crippen molar-refractivity contribution >= 4 is 29.4 Å². The number of aliphatic hydroxyl groups excluding tert-OH is 1. The van der Waals surface area contributed by atoms with Crippen molar-refractivity contribution in [3.8, 4) is 11.5 Å². The summed E-state index contributed by atoms with van der Waals surface area (Å²) >= 11 is 12.3. The maximum absolute atomic E-state index is 12.6. The highest BCUT2D eigenvalue weighted by atomic mass is 35.5. The average Bonchev–Trinajstić information content (AvgIpc) is 3.41. The van der Waals surface area contributed by atoms with E-state index in [2.05, 4.69) is 9.73 Å². The Morgan fingerprint density at radius 1 is 1.27 bits per heavy atom. The zero-order valence-electron chi connectivity index (χ0n) is 13.8. The van der Waals surface area contributed by atoms with Gasteiger partial charge in [0.15, 0.2) is 11.5 Å². The van der Waals surface area contributed by atoms with Crippen LogP contribution in [0, 0.1) is 11.8 Å². The maximum atomic E-state index is 12.6. The van der Waals surface area contributed by atoms with Crippen LogP contribution < -0.4 is 9.47 Å². The molecule has 1 N–H and O–H groups in total. The van der Waals surface area contributed by atoms with Crippen LogP contribution in [0.4, 0.5) is 8.78 Å². The third-order valence-electron chi connectivity index (χ3n) is 4.38. The van der Waals surface area contributed by atoms with Crippen LogP contribution in [-0.2, 0) is 0 Å². The number of aliphatic imine (C=N–C) groups is 1. The summed E-state index contributed by atoms with van der Waals surface area (Å²) in [6, 6.07) is 4.44. The number of aliphatic hydroxyl groups is 1. The number of allylic oxidation sites excluding steroid dienone is 1. The van der Waals surface area contributed by atoms with Gasteiger partial charge in [0.05, 0.1) is 18.1 Å². The van der Waals surface area contributed by atoms with E-state index in [0.29, 0.717) is 23.1 Å². The van der Waals surface area contributed by atoms with Crippen LogP contribution in [0.2, 0.25) is 0 Å². The quantitative estimate of drug-likeness (QED) is 0.626. The van der Waals surface area contributed by atoms with E-state index in [1.807, 2.05) is 0 Å². The van der Waals surface area contributed by atoms with Gasteiger partial charge in [-0.1, -0.05) is 17.7 Å². The molecule has 0 aromatic heterocycles. The summed E-state index contributed by atoms with van der Waals surface area (Å²) in [5.74, 6) is 0.321. The fourth-order valence-corrected chi connectivity index (χ4v) is 3.35. The largest absolute Gasteiger partial charge is 0.489 e. The molecular weight excluding hydrogens is 387 g/mol. The minimum atomic E-state index is -2.95. The summed E-state index contributed by atoms with van der Waals surface area (Å²) < 4.78 is 35.3. The molecule has 3 rings (SSSR count). The first-order chi connectivity index (χ1) is 12.4. The number of halogens is 4. The van der Waals surface area contributed by atoms with E-state index in [1.165, 1.54) is 24.4 Å². The maximum Gasteiger partial charge on any atom is 0.387 e. The number of hydrogen-bond acceptors (Lipinski definition) is 4. The molecule has 1 aromatic rings. The van der Waals surface area contributed by atoms with Crippen molar-refractivity contribution < 1.29 is 23.4 Å². The third kappa shape index (κ3) is 5.09. The molecule has 0 radical (unpaired) electrons. The Labute approximate surface area is 160 Å². The lowest BCUT2D eigenvalue weighted by Crippen LogP contribution is -2.22. The molecule has 1 aliphatic carbocycles. The van der Waals surface area contributed by atoms with E-state index in [0.717, 1.165) is 12.8 Å². The van der Waals surface area contributed by atoms with Crippen LogP contribution in [0.5, 0.6) is 11.5 Å². The van der Waals surface area contributed by atoms with Gasteiger partial charge in [-0.2, -0.15) is 8.78 Å². The van der Waals surface area contributed by atoms with Crippen LogP contribution >= 0.6 is 23.2 Å². The molecule has 142 valence electrons. The zero-order chi connectivity index (χ0) is 18.7. The summed E-state index contributed by atoms with van der Waals surface area (Å²) in [6.45, 7) is -2.51. The molecule has 1 aliphatic heterocycles. The summed E-state index contributed by atoms with van der Waals surface area (Å²) in [5.41, 5.74) is 0.522. The van der Waals surface area contributed by atoms with Gasteiger partial charge in [-0.25, -0.2) is 0 Å². The predicted octanol–water partition coefficient (Wildman–Crippen LogP) is 4.89. The molecule has 0 bridgehead atoms. The molecule has 26 heavy (non-hydrogen) atoms. The van der Waals surface area contributed by atoms with Crippen LogP contribution in [0.15, 0.2) is 34.4 Å². The molecule has 1 aromatic carbocycles. The molecule has 3 atom stereocenters. The van der Waals surface area contributed by atoms with Crippen molar-refractivity contribution in [1.29, 1.82) is 0 Å². The molecule has 4 nitrogen and oxygen atoms in total. The van der Waals surface area contributed by atoms with Gasteiger partial charge in [-0.15, -0.1) is 11.6 Å². The fourth-order valence-electron chi connectivity index (χ4n) is 2.70. The molecule has 1 saturated carbocycles. The Balaban J connectivity index is 1.74. The minimum absolute atomic E-state index is 0.0467. The first-order valence-electron chi connectivity index (χ1n) is 8.36. The number of benzene rings is 1. The van der Waals surface area contributed by atoms with Gasteiger partial charge in [0.1, 0.15) is 0 Å². The molecule has 1 heterocycles. The third-order valence-corrected chi connectivity index (χ3v) is 5.18. The van der Waals surface area contributed by atoms with Gasteiger partial charge < -0.3 is 14.6 Å². The van der Waals surface area contributed by atoms with E-state index < -0.39 is 18.1 Å². The topological polar surface area (TPSA) is 51.1 Å². The molecule has 8 heteroatoms. The lowest BCUT2D eigenvalue weighted by molar-refractivity contribution is -0.0515. The van der Waals surface area contributed by atoms with Crippen LogP contribution in [-0.4, -0.2) is 29.9 Å². The van der Waals surface area contributed by atoms with Crippen molar-refractivity contribution in [3.05, 3.63) is 35.0 Å². The number of ether oxygens (including phenoxy) is 2. The van der Waals surface area contributed by atoms with E-state index in [-0.39, 0.29) is 23.8 Å². The Hall–Kier alpha value is -1.37. The summed E-state index contributed by atoms with van der Waals surface area (Å²) in [4.78, 5) is 3.93. The SMILES string of the molecule is O[C@@H](CC1C(Cl)=CN=CC1Cl)c1ccc(OC(F)F)c(OCC2CC2)c1. The van der Waals surface area contributed by atoms with E-state index in [4.69, 9.17) is 27.9 Å². The summed E-state index contributed by atoms with van der Waals surface area (Å²) in [6.07, 6.45) is 4.58. The van der Waals surface area contributed by atoms with Crippen molar-refractivity contribution in [3.63, 3.8) is 0 Å². The highest BCUT2D eigenvalue weighted by Crippen LogP contribution is 2.38. The monoisotopic (exact) mass is 405 g/mol. The van der Waals surface area contributed by atoms with E-state index >= 15 is 0 Å². The second kappa shape index (κ2) is 8.55. The summed E-state index contributed by atoms with van der Waals surface area (Å²) in [7, 11) is 0. The van der Waals surface area contributed by atoms with Crippen molar-refractivity contribution in [2.24, 2.45) is 16.8 Å². The number of hydrogen-bond donors (Lipinski definition) is 1. The standard InChI is InChI=1S/C18H19Cl2F2NO3/c19-13-7-23-8-14(20)12(13)6-15(24)11-3-4-16(26-18(21)22)17(5-11)25-9-10-1-2-10/h3-5,7-8,10,12-13,15,18,24H,1-2,6,9H2/t12?,13?,15-/m0/s1. The smallest absolute Gasteiger partial charge is 0.387 e. The molecule has 0 saturated heterocycles. The molecule has 0 spiro atoms. The highest BCUT2D eigenvalue weighted by Gasteiger charge is 2.28. The van der Waals surface area contributed by atoms with Crippen molar-refractivity contribution in [2.45, 2.75) is 37.4 Å². The number of alkyl halides is 3. The first-order valence-corrected chi connectivity index (χ1v) is 9.18. The van der Waals surface area contributed by atoms with Crippen LogP contribution in [0.3, 0.4) is 0 Å². The normalized spacial score (nSPS) is 23.7. The number of nitrogens with zero attached hydrogens (tertiary/aromatic N) is 1. The van der Waals surface area contributed by atoms with Crippen LogP contribution in [0.1, 0.15) is 30.9 Å². The highest BCUT2D eigenvalue weighted by molar-refractivity contribution is 6.34. The first kappa shape index (κ1) is 19.4.